The molecule has 1 aromatic carbocycles. The molecule has 0 bridgehead atoms. The zero-order valence-corrected chi connectivity index (χ0v) is 10.2. The van der Waals surface area contributed by atoms with Crippen LogP contribution in [0.3, 0.4) is 0 Å². The van der Waals surface area contributed by atoms with Crippen molar-refractivity contribution in [2.24, 2.45) is 11.5 Å². The predicted octanol–water partition coefficient (Wildman–Crippen LogP) is 0.340. The van der Waals surface area contributed by atoms with E-state index in [9.17, 15) is 9.90 Å². The molecule has 0 aromatic heterocycles. The van der Waals surface area contributed by atoms with E-state index in [0.29, 0.717) is 13.1 Å². The molecule has 17 heavy (non-hydrogen) atoms. The zero-order chi connectivity index (χ0) is 13.0. The molecule has 0 saturated carbocycles. The number of likely N-dealkylation sites (N-methyl/N-ethyl adjacent to an activating group) is 1. The van der Waals surface area contributed by atoms with Gasteiger partial charge >= 0.3 is 0 Å². The molecule has 0 aliphatic carbocycles. The average Bonchev–Trinajstić information content (AvgIpc) is 2.29. The zero-order valence-electron chi connectivity index (χ0n) is 10.2. The van der Waals surface area contributed by atoms with Gasteiger partial charge in [-0.05, 0) is 25.5 Å². The normalized spacial score (nSPS) is 12.2. The number of nitrogens with two attached hydrogens (primary N) is 2. The highest BCUT2D eigenvalue weighted by Gasteiger charge is 2.16. The topological polar surface area (TPSA) is 92.6 Å². The van der Waals surface area contributed by atoms with Gasteiger partial charge in [-0.25, -0.2) is 0 Å². The SMILES string of the molecule is CCN(CC(N)C(N)=O)c1cc(O)ccc1C. The summed E-state index contributed by atoms with van der Waals surface area (Å²) in [5, 5.41) is 9.48. The fraction of sp³-hybridized carbons (Fsp3) is 0.417. The Morgan fingerprint density at radius 2 is 2.18 bits per heavy atom. The molecule has 1 unspecified atom stereocenters. The predicted molar refractivity (Wildman–Crippen MR) is 67.9 cm³/mol. The van der Waals surface area contributed by atoms with Gasteiger partial charge in [-0.1, -0.05) is 6.07 Å². The molecule has 1 amide bonds. The lowest BCUT2D eigenvalue weighted by atomic mass is 10.1. The van der Waals surface area contributed by atoms with Crippen LogP contribution in [-0.2, 0) is 4.79 Å². The Morgan fingerprint density at radius 3 is 2.71 bits per heavy atom. The number of aromatic hydroxyl groups is 1. The summed E-state index contributed by atoms with van der Waals surface area (Å²) in [5.41, 5.74) is 12.7. The van der Waals surface area contributed by atoms with Crippen LogP contribution in [0.15, 0.2) is 18.2 Å². The van der Waals surface area contributed by atoms with Crippen molar-refractivity contribution in [3.8, 4) is 5.75 Å². The number of hydrogen-bond acceptors (Lipinski definition) is 4. The summed E-state index contributed by atoms with van der Waals surface area (Å²) in [7, 11) is 0. The number of carbonyl (C=O) groups is 1. The number of nitrogens with zero attached hydrogens (tertiary/aromatic N) is 1. The number of phenolic OH excluding ortho intramolecular Hbond substituents is 1. The molecule has 1 atom stereocenters. The van der Waals surface area contributed by atoms with E-state index in [1.54, 1.807) is 12.1 Å². The van der Waals surface area contributed by atoms with Gasteiger partial charge in [0.05, 0.1) is 0 Å². The Balaban J connectivity index is 2.93. The molecule has 0 spiro atoms. The summed E-state index contributed by atoms with van der Waals surface area (Å²) >= 11 is 0. The van der Waals surface area contributed by atoms with Crippen LogP contribution in [0.2, 0.25) is 0 Å². The lowest BCUT2D eigenvalue weighted by Crippen LogP contribution is -2.46. The minimum atomic E-state index is -0.711. The summed E-state index contributed by atoms with van der Waals surface area (Å²) in [6.07, 6.45) is 0. The number of hydrogen-bond donors (Lipinski definition) is 3. The van der Waals surface area contributed by atoms with Gasteiger partial charge < -0.3 is 21.5 Å². The minimum Gasteiger partial charge on any atom is -0.508 e. The number of benzene rings is 1. The number of phenols is 1. The smallest absolute Gasteiger partial charge is 0.236 e. The Hall–Kier alpha value is -1.75. The maximum absolute atomic E-state index is 11.0. The first-order valence-electron chi connectivity index (χ1n) is 5.55. The second-order valence-corrected chi connectivity index (χ2v) is 4.02. The second kappa shape index (κ2) is 5.54. The highest BCUT2D eigenvalue weighted by molar-refractivity contribution is 5.80. The van der Waals surface area contributed by atoms with Crippen LogP contribution >= 0.6 is 0 Å². The minimum absolute atomic E-state index is 0.191. The van der Waals surface area contributed by atoms with Crippen LogP contribution in [0, 0.1) is 6.92 Å². The molecule has 0 heterocycles. The highest BCUT2D eigenvalue weighted by atomic mass is 16.3. The van der Waals surface area contributed by atoms with Gasteiger partial charge in [-0.3, -0.25) is 4.79 Å². The number of carbonyl (C=O) groups excluding carboxylic acids is 1. The van der Waals surface area contributed by atoms with Gasteiger partial charge in [0.2, 0.25) is 5.91 Å². The second-order valence-electron chi connectivity index (χ2n) is 4.02. The number of aryl methyl sites for hydroxylation is 1. The molecule has 1 aromatic rings. The fourth-order valence-electron chi connectivity index (χ4n) is 1.66. The van der Waals surface area contributed by atoms with Gasteiger partial charge in [0.25, 0.3) is 0 Å². The van der Waals surface area contributed by atoms with Crippen LogP contribution in [-0.4, -0.2) is 30.1 Å². The molecule has 5 nitrogen and oxygen atoms in total. The monoisotopic (exact) mass is 237 g/mol. The van der Waals surface area contributed by atoms with Crippen molar-refractivity contribution in [1.82, 2.24) is 0 Å². The van der Waals surface area contributed by atoms with Crippen molar-refractivity contribution in [2.45, 2.75) is 19.9 Å². The molecule has 0 saturated heterocycles. The third-order valence-electron chi connectivity index (χ3n) is 2.70. The first kappa shape index (κ1) is 13.3. The van der Waals surface area contributed by atoms with E-state index in [0.717, 1.165) is 11.3 Å². The summed E-state index contributed by atoms with van der Waals surface area (Å²) < 4.78 is 0. The van der Waals surface area contributed by atoms with Crippen LogP contribution in [0.1, 0.15) is 12.5 Å². The summed E-state index contributed by atoms with van der Waals surface area (Å²) in [6.45, 7) is 4.92. The third kappa shape index (κ3) is 3.35. The quantitative estimate of drug-likeness (QED) is 0.688. The number of amides is 1. The first-order chi connectivity index (χ1) is 7.95. The molecule has 0 radical (unpaired) electrons. The van der Waals surface area contributed by atoms with Crippen molar-refractivity contribution in [1.29, 1.82) is 0 Å². The summed E-state index contributed by atoms with van der Waals surface area (Å²) in [6, 6.07) is 4.40. The lowest BCUT2D eigenvalue weighted by Gasteiger charge is -2.27. The summed E-state index contributed by atoms with van der Waals surface area (Å²) in [4.78, 5) is 12.9. The van der Waals surface area contributed by atoms with E-state index in [-0.39, 0.29) is 5.75 Å². The van der Waals surface area contributed by atoms with E-state index >= 15 is 0 Å². The fourth-order valence-corrected chi connectivity index (χ4v) is 1.66. The van der Waals surface area contributed by atoms with Gasteiger partial charge in [0.15, 0.2) is 0 Å². The Morgan fingerprint density at radius 1 is 1.53 bits per heavy atom. The van der Waals surface area contributed by atoms with E-state index in [1.165, 1.54) is 0 Å². The number of rotatable bonds is 5. The largest absolute Gasteiger partial charge is 0.508 e. The standard InChI is InChI=1S/C12H19N3O2/c1-3-15(7-10(13)12(14)17)11-6-9(16)5-4-8(11)2/h4-6,10,16H,3,7,13H2,1-2H3,(H2,14,17). The van der Waals surface area contributed by atoms with Gasteiger partial charge in [-0.2, -0.15) is 0 Å². The molecule has 5 N–H and O–H groups in total. The van der Waals surface area contributed by atoms with Crippen LogP contribution in [0.25, 0.3) is 0 Å². The van der Waals surface area contributed by atoms with Crippen molar-refractivity contribution < 1.29 is 9.90 Å². The molecule has 0 aliphatic rings. The van der Waals surface area contributed by atoms with Gasteiger partial charge in [0.1, 0.15) is 11.8 Å². The molecule has 1 rings (SSSR count). The van der Waals surface area contributed by atoms with E-state index in [2.05, 4.69) is 0 Å². The van der Waals surface area contributed by atoms with Gasteiger partial charge in [-0.15, -0.1) is 0 Å². The lowest BCUT2D eigenvalue weighted by molar-refractivity contribution is -0.119. The maximum Gasteiger partial charge on any atom is 0.236 e. The molecular formula is C12H19N3O2. The van der Waals surface area contributed by atoms with Crippen molar-refractivity contribution >= 4 is 11.6 Å². The Labute approximate surface area is 101 Å². The Bertz CT molecular complexity index is 407. The Kier molecular flexibility index (Phi) is 4.34. The van der Waals surface area contributed by atoms with Crippen LogP contribution in [0.5, 0.6) is 5.75 Å². The van der Waals surface area contributed by atoms with Gasteiger partial charge in [0, 0.05) is 24.8 Å². The van der Waals surface area contributed by atoms with E-state index in [1.807, 2.05) is 24.8 Å². The first-order valence-corrected chi connectivity index (χ1v) is 5.55. The average molecular weight is 237 g/mol. The molecule has 5 heteroatoms. The van der Waals surface area contributed by atoms with Crippen molar-refractivity contribution in [2.75, 3.05) is 18.0 Å². The molecule has 0 aliphatic heterocycles. The van der Waals surface area contributed by atoms with Crippen molar-refractivity contribution in [3.63, 3.8) is 0 Å². The van der Waals surface area contributed by atoms with E-state index < -0.39 is 11.9 Å². The maximum atomic E-state index is 11.0. The highest BCUT2D eigenvalue weighted by Crippen LogP contribution is 2.24. The number of primary amides is 1. The molecule has 94 valence electrons. The third-order valence-corrected chi connectivity index (χ3v) is 2.70. The summed E-state index contributed by atoms with van der Waals surface area (Å²) in [5.74, 6) is -0.335. The molecule has 0 fully saturated rings. The van der Waals surface area contributed by atoms with Crippen LogP contribution < -0.4 is 16.4 Å². The molecular weight excluding hydrogens is 218 g/mol. The van der Waals surface area contributed by atoms with Crippen LogP contribution in [0.4, 0.5) is 5.69 Å². The number of anilines is 1. The van der Waals surface area contributed by atoms with E-state index in [4.69, 9.17) is 11.5 Å². The van der Waals surface area contributed by atoms with Crippen molar-refractivity contribution in [3.05, 3.63) is 23.8 Å².